The molecule has 146 valence electrons. The van der Waals surface area contributed by atoms with Crippen LogP contribution in [0.5, 0.6) is 0 Å². The van der Waals surface area contributed by atoms with Crippen molar-refractivity contribution in [2.24, 2.45) is 5.73 Å². The maximum Gasteiger partial charge on any atom is 1.00 e. The van der Waals surface area contributed by atoms with E-state index in [1.165, 1.54) is 51.4 Å². The van der Waals surface area contributed by atoms with Gasteiger partial charge in [-0.05, 0) is 12.8 Å². The van der Waals surface area contributed by atoms with E-state index in [2.05, 4.69) is 11.7 Å². The Morgan fingerprint density at radius 2 is 1.23 bits per heavy atom. The molecule has 0 fully saturated rings. The fraction of sp³-hybridized carbons (Fsp3) is 0.842. The second kappa shape index (κ2) is 19.3. The van der Waals surface area contributed by atoms with Gasteiger partial charge < -0.3 is 20.4 Å². The van der Waals surface area contributed by atoms with Crippen molar-refractivity contribution in [2.75, 3.05) is 0 Å². The first kappa shape index (κ1) is 27.8. The first-order valence-corrected chi connectivity index (χ1v) is 9.67. The zero-order chi connectivity index (χ0) is 18.9. The van der Waals surface area contributed by atoms with Crippen LogP contribution in [0.2, 0.25) is 0 Å². The molecule has 0 bridgehead atoms. The van der Waals surface area contributed by atoms with Gasteiger partial charge in [0.2, 0.25) is 0 Å². The molecule has 0 aromatic heterocycles. The average molecular weight is 379 g/mol. The second-order valence-electron chi connectivity index (χ2n) is 6.60. The smallest absolute Gasteiger partial charge is 0.548 e. The molecule has 0 spiro atoms. The molecular weight excluding hydrogens is 345 g/mol. The normalized spacial score (nSPS) is 11.5. The number of aliphatic carboxylic acids is 1. The number of carboxylic acids is 1. The van der Waals surface area contributed by atoms with Gasteiger partial charge in [-0.3, -0.25) is 9.59 Å². The Labute approximate surface area is 179 Å². The van der Waals surface area contributed by atoms with Crippen molar-refractivity contribution < 1.29 is 53.8 Å². The van der Waals surface area contributed by atoms with Crippen molar-refractivity contribution in [1.82, 2.24) is 0 Å². The van der Waals surface area contributed by atoms with Gasteiger partial charge in [0.15, 0.2) is 0 Å². The summed E-state index contributed by atoms with van der Waals surface area (Å²) in [7, 11) is 0. The molecule has 6 nitrogen and oxygen atoms in total. The van der Waals surface area contributed by atoms with Crippen LogP contribution in [0.25, 0.3) is 0 Å². The van der Waals surface area contributed by atoms with Crippen molar-refractivity contribution in [2.45, 2.75) is 103 Å². The quantitative estimate of drug-likeness (QED) is 0.169. The summed E-state index contributed by atoms with van der Waals surface area (Å²) in [5, 5.41) is 10.4. The number of ether oxygens (including phenoxy) is 1. The number of esters is 2. The van der Waals surface area contributed by atoms with Crippen molar-refractivity contribution in [3.05, 3.63) is 0 Å². The molecule has 0 rings (SSSR count). The molecule has 0 heterocycles. The minimum Gasteiger partial charge on any atom is -0.548 e. The van der Waals surface area contributed by atoms with Gasteiger partial charge in [0.1, 0.15) is 0 Å². The second-order valence-corrected chi connectivity index (χ2v) is 6.60. The Bertz CT molecular complexity index is 390. The van der Waals surface area contributed by atoms with Gasteiger partial charge in [-0.25, -0.2) is 0 Å². The van der Waals surface area contributed by atoms with Gasteiger partial charge in [0, 0.05) is 18.9 Å². The van der Waals surface area contributed by atoms with Gasteiger partial charge in [0.25, 0.3) is 0 Å². The molecule has 0 amide bonds. The molecule has 26 heavy (non-hydrogen) atoms. The summed E-state index contributed by atoms with van der Waals surface area (Å²) in [6.07, 6.45) is 13.0. The standard InChI is InChI=1S/C19H35NO5.Na/c1-2-3-4-5-6-7-8-9-10-11-12-13-17(21)25-18(22)15-14-16(20)19(23)24;/h16H,2-15,20H2,1H3,(H,23,24);/q;+1/p-1/t16-;/m1./s1. The Morgan fingerprint density at radius 1 is 0.808 bits per heavy atom. The van der Waals surface area contributed by atoms with E-state index >= 15 is 0 Å². The zero-order valence-corrected chi connectivity index (χ0v) is 18.6. The maximum atomic E-state index is 11.5. The van der Waals surface area contributed by atoms with Gasteiger partial charge >= 0.3 is 41.5 Å². The largest absolute Gasteiger partial charge is 1.00 e. The van der Waals surface area contributed by atoms with Crippen molar-refractivity contribution in [3.8, 4) is 0 Å². The average Bonchev–Trinajstić information content (AvgIpc) is 2.57. The molecule has 0 aliphatic rings. The molecule has 0 aromatic carbocycles. The Hall–Kier alpha value is -0.430. The number of rotatable bonds is 16. The number of nitrogens with two attached hydrogens (primary N) is 1. The first-order chi connectivity index (χ1) is 12.0. The summed E-state index contributed by atoms with van der Waals surface area (Å²) in [6, 6.07) is -1.21. The summed E-state index contributed by atoms with van der Waals surface area (Å²) < 4.78 is 4.63. The van der Waals surface area contributed by atoms with Crippen molar-refractivity contribution in [1.29, 1.82) is 0 Å². The fourth-order valence-corrected chi connectivity index (χ4v) is 2.55. The van der Waals surface area contributed by atoms with Gasteiger partial charge in [-0.15, -0.1) is 0 Å². The monoisotopic (exact) mass is 379 g/mol. The van der Waals surface area contributed by atoms with Crippen LogP contribution in [0.3, 0.4) is 0 Å². The summed E-state index contributed by atoms with van der Waals surface area (Å²) >= 11 is 0. The molecular formula is C19H34NNaO5. The molecule has 7 heteroatoms. The van der Waals surface area contributed by atoms with E-state index in [0.29, 0.717) is 6.42 Å². The van der Waals surface area contributed by atoms with Crippen LogP contribution in [-0.4, -0.2) is 23.9 Å². The third kappa shape index (κ3) is 18.4. The number of carbonyl (C=O) groups excluding carboxylic acids is 3. The van der Waals surface area contributed by atoms with Crippen LogP contribution < -0.4 is 40.4 Å². The summed E-state index contributed by atoms with van der Waals surface area (Å²) in [6.45, 7) is 2.22. The van der Waals surface area contributed by atoms with E-state index in [1.54, 1.807) is 0 Å². The Kier molecular flexibility index (Phi) is 20.7. The van der Waals surface area contributed by atoms with Crippen molar-refractivity contribution in [3.63, 3.8) is 0 Å². The minimum absolute atomic E-state index is 0. The van der Waals surface area contributed by atoms with Crippen LogP contribution in [0.15, 0.2) is 0 Å². The third-order valence-corrected chi connectivity index (χ3v) is 4.17. The van der Waals surface area contributed by atoms with Crippen LogP contribution in [-0.2, 0) is 19.1 Å². The number of unbranched alkanes of at least 4 members (excludes halogenated alkanes) is 10. The number of hydrogen-bond acceptors (Lipinski definition) is 6. The SMILES string of the molecule is CCCCCCCCCCCCCC(=O)OC(=O)CC[C@@H](N)C(=O)[O-].[Na+]. The molecule has 0 unspecified atom stereocenters. The predicted molar refractivity (Wildman–Crippen MR) is 94.4 cm³/mol. The van der Waals surface area contributed by atoms with E-state index in [-0.39, 0.29) is 48.8 Å². The molecule has 0 saturated heterocycles. The number of hydrogen-bond donors (Lipinski definition) is 1. The molecule has 2 N–H and O–H groups in total. The van der Waals surface area contributed by atoms with Crippen LogP contribution >= 0.6 is 0 Å². The van der Waals surface area contributed by atoms with E-state index in [9.17, 15) is 19.5 Å². The molecule has 0 aliphatic heterocycles. The van der Waals surface area contributed by atoms with Gasteiger partial charge in [-0.2, -0.15) is 0 Å². The van der Waals surface area contributed by atoms with Crippen LogP contribution in [0, 0.1) is 0 Å². The molecule has 0 aliphatic carbocycles. The van der Waals surface area contributed by atoms with E-state index in [0.717, 1.165) is 12.8 Å². The summed E-state index contributed by atoms with van der Waals surface area (Å²) in [5.74, 6) is -2.70. The molecule has 0 aromatic rings. The topological polar surface area (TPSA) is 110 Å². The first-order valence-electron chi connectivity index (χ1n) is 9.67. The van der Waals surface area contributed by atoms with Crippen molar-refractivity contribution >= 4 is 17.9 Å². The van der Waals surface area contributed by atoms with E-state index in [1.807, 2.05) is 0 Å². The van der Waals surface area contributed by atoms with Crippen LogP contribution in [0.1, 0.15) is 96.8 Å². The van der Waals surface area contributed by atoms with Gasteiger partial charge in [-0.1, -0.05) is 71.1 Å². The third-order valence-electron chi connectivity index (χ3n) is 4.17. The minimum atomic E-state index is -1.42. The summed E-state index contributed by atoms with van der Waals surface area (Å²) in [5.41, 5.74) is 5.22. The number of carbonyl (C=O) groups is 3. The Balaban J connectivity index is 0. The summed E-state index contributed by atoms with van der Waals surface area (Å²) in [4.78, 5) is 33.3. The van der Waals surface area contributed by atoms with E-state index in [4.69, 9.17) is 5.73 Å². The fourth-order valence-electron chi connectivity index (χ4n) is 2.55. The predicted octanol–water partition coefficient (Wildman–Crippen LogP) is -0.381. The van der Waals surface area contributed by atoms with Crippen LogP contribution in [0.4, 0.5) is 0 Å². The van der Waals surface area contributed by atoms with Gasteiger partial charge in [0.05, 0.1) is 5.97 Å². The van der Waals surface area contributed by atoms with E-state index < -0.39 is 23.9 Å². The zero-order valence-electron chi connectivity index (χ0n) is 16.6. The molecule has 1 atom stereocenters. The molecule has 0 radical (unpaired) electrons. The molecule has 0 saturated carbocycles. The Morgan fingerprint density at radius 3 is 1.69 bits per heavy atom. The number of carboxylic acid groups (broad SMARTS) is 1. The maximum absolute atomic E-state index is 11.5.